The van der Waals surface area contributed by atoms with Crippen molar-refractivity contribution in [2.45, 2.75) is 0 Å². The molecule has 5 rings (SSSR count). The summed E-state index contributed by atoms with van der Waals surface area (Å²) in [6.07, 6.45) is 0. The summed E-state index contributed by atoms with van der Waals surface area (Å²) in [6, 6.07) is 18.3. The van der Waals surface area contributed by atoms with Gasteiger partial charge in [0.25, 0.3) is 0 Å². The van der Waals surface area contributed by atoms with Gasteiger partial charge in [0.05, 0.1) is 5.52 Å². The predicted octanol–water partition coefficient (Wildman–Crippen LogP) is 5.87. The van der Waals surface area contributed by atoms with Crippen LogP contribution < -0.4 is 0 Å². The van der Waals surface area contributed by atoms with E-state index in [9.17, 15) is 0 Å². The molecule has 21 heavy (non-hydrogen) atoms. The van der Waals surface area contributed by atoms with Crippen molar-refractivity contribution in [3.8, 4) is 0 Å². The van der Waals surface area contributed by atoms with E-state index in [0.29, 0.717) is 0 Å². The van der Waals surface area contributed by atoms with Gasteiger partial charge in [-0.1, -0.05) is 35.9 Å². The summed E-state index contributed by atoms with van der Waals surface area (Å²) in [5.74, 6) is 0. The molecule has 3 aromatic carbocycles. The highest BCUT2D eigenvalue weighted by Crippen LogP contribution is 2.35. The number of furan rings is 1. The van der Waals surface area contributed by atoms with Gasteiger partial charge in [0.15, 0.2) is 0 Å². The fourth-order valence-corrected chi connectivity index (χ4v) is 3.27. The Morgan fingerprint density at radius 2 is 1.57 bits per heavy atom. The molecule has 0 saturated heterocycles. The average molecular weight is 292 g/mol. The number of aromatic nitrogens is 1. The second-order valence-corrected chi connectivity index (χ2v) is 5.74. The first-order valence-electron chi connectivity index (χ1n) is 6.82. The number of rotatable bonds is 0. The molecule has 2 heterocycles. The van der Waals surface area contributed by atoms with E-state index in [1.807, 2.05) is 30.3 Å². The third-order valence-corrected chi connectivity index (χ3v) is 4.29. The number of aromatic amines is 1. The zero-order chi connectivity index (χ0) is 14.0. The minimum atomic E-state index is 0.739. The molecule has 0 bridgehead atoms. The zero-order valence-electron chi connectivity index (χ0n) is 11.0. The molecule has 0 unspecified atom stereocenters. The van der Waals surface area contributed by atoms with Gasteiger partial charge in [-0.15, -0.1) is 0 Å². The lowest BCUT2D eigenvalue weighted by Gasteiger charge is -1.93. The lowest BCUT2D eigenvalue weighted by atomic mass is 10.1. The topological polar surface area (TPSA) is 28.9 Å². The fourth-order valence-electron chi connectivity index (χ4n) is 3.10. The second kappa shape index (κ2) is 3.80. The second-order valence-electron chi connectivity index (χ2n) is 5.31. The van der Waals surface area contributed by atoms with E-state index >= 15 is 0 Å². The number of nitrogens with one attached hydrogen (secondary N) is 1. The van der Waals surface area contributed by atoms with Crippen LogP contribution in [0, 0.1) is 0 Å². The Morgan fingerprint density at radius 3 is 2.52 bits per heavy atom. The molecule has 0 saturated carbocycles. The van der Waals surface area contributed by atoms with Crippen LogP contribution in [0.2, 0.25) is 5.02 Å². The first kappa shape index (κ1) is 11.2. The summed E-state index contributed by atoms with van der Waals surface area (Å²) in [6.45, 7) is 0. The van der Waals surface area contributed by atoms with Crippen LogP contribution in [-0.2, 0) is 0 Å². The largest absolute Gasteiger partial charge is 0.456 e. The van der Waals surface area contributed by atoms with E-state index in [-0.39, 0.29) is 0 Å². The summed E-state index contributed by atoms with van der Waals surface area (Å²) < 4.78 is 5.93. The summed E-state index contributed by atoms with van der Waals surface area (Å²) >= 11 is 6.07. The third kappa shape index (κ3) is 1.48. The van der Waals surface area contributed by atoms with Gasteiger partial charge in [-0.2, -0.15) is 0 Å². The quantitative estimate of drug-likeness (QED) is 0.379. The van der Waals surface area contributed by atoms with Crippen LogP contribution >= 0.6 is 11.6 Å². The number of para-hydroxylation sites is 1. The molecule has 100 valence electrons. The van der Waals surface area contributed by atoms with Gasteiger partial charge in [-0.05, 0) is 24.3 Å². The van der Waals surface area contributed by atoms with Crippen molar-refractivity contribution < 1.29 is 4.42 Å². The SMILES string of the molecule is Clc1ccc2c(c1)[nH]c1cc3oc4ccccc4c3cc12. The molecule has 0 aliphatic heterocycles. The minimum absolute atomic E-state index is 0.739. The molecular formula is C18H10ClNO. The number of hydrogen-bond acceptors (Lipinski definition) is 1. The third-order valence-electron chi connectivity index (χ3n) is 4.06. The van der Waals surface area contributed by atoms with Crippen molar-refractivity contribution in [1.82, 2.24) is 4.98 Å². The Labute approximate surface area is 124 Å². The first-order valence-corrected chi connectivity index (χ1v) is 7.20. The summed E-state index contributed by atoms with van der Waals surface area (Å²) in [5.41, 5.74) is 3.95. The number of halogens is 1. The smallest absolute Gasteiger partial charge is 0.137 e. The molecule has 2 aromatic heterocycles. The van der Waals surface area contributed by atoms with Gasteiger partial charge in [0.2, 0.25) is 0 Å². The fraction of sp³-hybridized carbons (Fsp3) is 0. The van der Waals surface area contributed by atoms with Crippen LogP contribution in [0.25, 0.3) is 43.7 Å². The molecule has 2 nitrogen and oxygen atoms in total. The maximum absolute atomic E-state index is 6.07. The van der Waals surface area contributed by atoms with Crippen molar-refractivity contribution in [3.05, 3.63) is 59.6 Å². The Hall–Kier alpha value is -2.45. The van der Waals surface area contributed by atoms with Gasteiger partial charge >= 0.3 is 0 Å². The van der Waals surface area contributed by atoms with Crippen LogP contribution in [0.15, 0.2) is 59.0 Å². The average Bonchev–Trinajstić information content (AvgIpc) is 3.01. The molecule has 0 radical (unpaired) electrons. The molecule has 0 atom stereocenters. The maximum atomic E-state index is 6.07. The molecular weight excluding hydrogens is 282 g/mol. The van der Waals surface area contributed by atoms with Gasteiger partial charge in [-0.25, -0.2) is 0 Å². The zero-order valence-corrected chi connectivity index (χ0v) is 11.7. The maximum Gasteiger partial charge on any atom is 0.137 e. The first-order chi connectivity index (χ1) is 10.3. The standard InChI is InChI=1S/C18H10ClNO/c19-10-5-6-11-13-8-14-12-3-1-2-4-17(12)21-18(14)9-16(13)20-15(11)7-10/h1-9,20H. The molecule has 0 fully saturated rings. The number of benzene rings is 3. The highest BCUT2D eigenvalue weighted by Gasteiger charge is 2.11. The van der Waals surface area contributed by atoms with Crippen LogP contribution in [0.3, 0.4) is 0 Å². The Morgan fingerprint density at radius 1 is 0.714 bits per heavy atom. The summed E-state index contributed by atoms with van der Waals surface area (Å²) in [5, 5.41) is 5.41. The van der Waals surface area contributed by atoms with E-state index in [1.54, 1.807) is 0 Å². The van der Waals surface area contributed by atoms with Gasteiger partial charge in [0, 0.05) is 38.2 Å². The highest BCUT2D eigenvalue weighted by atomic mass is 35.5. The van der Waals surface area contributed by atoms with E-state index in [2.05, 4.69) is 29.2 Å². The van der Waals surface area contributed by atoms with E-state index in [0.717, 1.165) is 38.0 Å². The Balaban J connectivity index is 2.01. The van der Waals surface area contributed by atoms with E-state index in [4.69, 9.17) is 16.0 Å². The van der Waals surface area contributed by atoms with Crippen molar-refractivity contribution >= 4 is 55.3 Å². The van der Waals surface area contributed by atoms with Crippen molar-refractivity contribution in [1.29, 1.82) is 0 Å². The number of fused-ring (bicyclic) bond motifs is 6. The van der Waals surface area contributed by atoms with Crippen molar-refractivity contribution in [2.24, 2.45) is 0 Å². The van der Waals surface area contributed by atoms with Crippen LogP contribution in [-0.4, -0.2) is 4.98 Å². The summed E-state index contributed by atoms with van der Waals surface area (Å²) in [4.78, 5) is 3.41. The minimum Gasteiger partial charge on any atom is -0.456 e. The molecule has 5 aromatic rings. The Kier molecular flexibility index (Phi) is 2.04. The highest BCUT2D eigenvalue weighted by molar-refractivity contribution is 6.31. The molecule has 1 N–H and O–H groups in total. The molecule has 0 amide bonds. The van der Waals surface area contributed by atoms with Crippen molar-refractivity contribution in [2.75, 3.05) is 0 Å². The van der Waals surface area contributed by atoms with Gasteiger partial charge < -0.3 is 9.40 Å². The van der Waals surface area contributed by atoms with Gasteiger partial charge in [-0.3, -0.25) is 0 Å². The monoisotopic (exact) mass is 291 g/mol. The van der Waals surface area contributed by atoms with Crippen LogP contribution in [0.5, 0.6) is 0 Å². The van der Waals surface area contributed by atoms with Crippen molar-refractivity contribution in [3.63, 3.8) is 0 Å². The lowest BCUT2D eigenvalue weighted by Crippen LogP contribution is -1.69. The normalized spacial score (nSPS) is 12.0. The molecule has 0 spiro atoms. The van der Waals surface area contributed by atoms with Crippen LogP contribution in [0.1, 0.15) is 0 Å². The predicted molar refractivity (Wildman–Crippen MR) is 88.1 cm³/mol. The lowest BCUT2D eigenvalue weighted by molar-refractivity contribution is 0.669. The van der Waals surface area contributed by atoms with Gasteiger partial charge in [0.1, 0.15) is 11.2 Å². The molecule has 3 heteroatoms. The summed E-state index contributed by atoms with van der Waals surface area (Å²) in [7, 11) is 0. The number of hydrogen-bond donors (Lipinski definition) is 1. The van der Waals surface area contributed by atoms with Crippen LogP contribution in [0.4, 0.5) is 0 Å². The number of H-pyrrole nitrogens is 1. The van der Waals surface area contributed by atoms with E-state index in [1.165, 1.54) is 10.8 Å². The molecule has 0 aliphatic rings. The Bertz CT molecular complexity index is 1150. The van der Waals surface area contributed by atoms with E-state index < -0.39 is 0 Å². The molecule has 0 aliphatic carbocycles.